The molecule has 0 fully saturated rings. The molecule has 0 unspecified atom stereocenters. The lowest BCUT2D eigenvalue weighted by Crippen LogP contribution is -2.12. The number of sulfone groups is 1. The summed E-state index contributed by atoms with van der Waals surface area (Å²) in [5.41, 5.74) is 1.10. The lowest BCUT2D eigenvalue weighted by Gasteiger charge is -2.12. The van der Waals surface area contributed by atoms with Crippen molar-refractivity contribution in [2.24, 2.45) is 0 Å². The SMILES string of the molecule is CCNCc1ccc(OC)c(OCCCS(C)(=O)=O)c1. The number of hydrogen-bond donors (Lipinski definition) is 1. The Hall–Kier alpha value is -1.27. The molecule has 0 bridgehead atoms. The molecule has 0 aliphatic heterocycles. The third-order valence-electron chi connectivity index (χ3n) is 2.72. The molecule has 1 aromatic rings. The molecule has 1 aromatic carbocycles. The molecule has 0 aromatic heterocycles. The zero-order chi connectivity index (χ0) is 15.0. The van der Waals surface area contributed by atoms with Crippen LogP contribution in [0.1, 0.15) is 18.9 Å². The highest BCUT2D eigenvalue weighted by atomic mass is 32.2. The fourth-order valence-corrected chi connectivity index (χ4v) is 2.36. The highest BCUT2D eigenvalue weighted by Gasteiger charge is 2.07. The summed E-state index contributed by atoms with van der Waals surface area (Å²) < 4.78 is 33.0. The topological polar surface area (TPSA) is 64.6 Å². The third kappa shape index (κ3) is 6.25. The van der Waals surface area contributed by atoms with Crippen molar-refractivity contribution in [2.75, 3.05) is 32.3 Å². The molecular weight excluding hydrogens is 278 g/mol. The lowest BCUT2D eigenvalue weighted by molar-refractivity contribution is 0.294. The highest BCUT2D eigenvalue weighted by Crippen LogP contribution is 2.28. The van der Waals surface area contributed by atoms with E-state index in [9.17, 15) is 8.42 Å². The Morgan fingerprint density at radius 3 is 2.60 bits per heavy atom. The van der Waals surface area contributed by atoms with Gasteiger partial charge >= 0.3 is 0 Å². The third-order valence-corrected chi connectivity index (χ3v) is 3.75. The molecule has 1 N–H and O–H groups in total. The maximum absolute atomic E-state index is 11.0. The summed E-state index contributed by atoms with van der Waals surface area (Å²) in [7, 11) is -1.35. The zero-order valence-corrected chi connectivity index (χ0v) is 13.1. The minimum absolute atomic E-state index is 0.131. The first-order valence-electron chi connectivity index (χ1n) is 6.64. The van der Waals surface area contributed by atoms with Gasteiger partial charge in [0, 0.05) is 12.8 Å². The molecule has 1 rings (SSSR count). The van der Waals surface area contributed by atoms with E-state index in [4.69, 9.17) is 9.47 Å². The van der Waals surface area contributed by atoms with Crippen LogP contribution in [-0.2, 0) is 16.4 Å². The van der Waals surface area contributed by atoms with Gasteiger partial charge in [-0.2, -0.15) is 0 Å². The summed E-state index contributed by atoms with van der Waals surface area (Å²) in [4.78, 5) is 0. The van der Waals surface area contributed by atoms with E-state index in [0.29, 0.717) is 24.5 Å². The van der Waals surface area contributed by atoms with Gasteiger partial charge < -0.3 is 14.8 Å². The second kappa shape index (κ2) is 8.11. The van der Waals surface area contributed by atoms with Crippen LogP contribution in [0.15, 0.2) is 18.2 Å². The maximum Gasteiger partial charge on any atom is 0.161 e. The van der Waals surface area contributed by atoms with E-state index < -0.39 is 9.84 Å². The normalized spacial score (nSPS) is 11.3. The molecule has 0 amide bonds. The summed E-state index contributed by atoms with van der Waals surface area (Å²) in [6.45, 7) is 4.07. The summed E-state index contributed by atoms with van der Waals surface area (Å²) in [6.07, 6.45) is 1.70. The summed E-state index contributed by atoms with van der Waals surface area (Å²) in [5.74, 6) is 1.44. The van der Waals surface area contributed by atoms with Crippen LogP contribution in [0, 0.1) is 0 Å². The fraction of sp³-hybridized carbons (Fsp3) is 0.571. The van der Waals surface area contributed by atoms with Crippen LogP contribution in [0.2, 0.25) is 0 Å². The van der Waals surface area contributed by atoms with E-state index in [1.54, 1.807) is 7.11 Å². The van der Waals surface area contributed by atoms with Crippen molar-refractivity contribution in [1.29, 1.82) is 0 Å². The Bertz CT molecular complexity index is 514. The van der Waals surface area contributed by atoms with E-state index in [1.807, 2.05) is 25.1 Å². The Kier molecular flexibility index (Phi) is 6.81. The molecule has 0 atom stereocenters. The van der Waals surface area contributed by atoms with Crippen molar-refractivity contribution in [3.8, 4) is 11.5 Å². The number of rotatable bonds is 9. The van der Waals surface area contributed by atoms with Gasteiger partial charge in [-0.1, -0.05) is 13.0 Å². The van der Waals surface area contributed by atoms with E-state index in [1.165, 1.54) is 6.26 Å². The van der Waals surface area contributed by atoms with E-state index in [0.717, 1.165) is 18.7 Å². The minimum atomic E-state index is -2.94. The number of ether oxygens (including phenoxy) is 2. The second-order valence-corrected chi connectivity index (χ2v) is 6.86. The number of nitrogens with one attached hydrogen (secondary N) is 1. The van der Waals surface area contributed by atoms with Crippen LogP contribution < -0.4 is 14.8 Å². The van der Waals surface area contributed by atoms with Crippen LogP contribution in [0.5, 0.6) is 11.5 Å². The van der Waals surface area contributed by atoms with Crippen molar-refractivity contribution in [3.63, 3.8) is 0 Å². The Morgan fingerprint density at radius 2 is 2.00 bits per heavy atom. The first-order valence-corrected chi connectivity index (χ1v) is 8.70. The first-order chi connectivity index (χ1) is 9.46. The van der Waals surface area contributed by atoms with Crippen LogP contribution >= 0.6 is 0 Å². The minimum Gasteiger partial charge on any atom is -0.493 e. The van der Waals surface area contributed by atoms with Gasteiger partial charge in [0.05, 0.1) is 19.5 Å². The van der Waals surface area contributed by atoms with E-state index in [2.05, 4.69) is 5.32 Å². The van der Waals surface area contributed by atoms with Crippen molar-refractivity contribution < 1.29 is 17.9 Å². The molecule has 0 radical (unpaired) electrons. The predicted octanol–water partition coefficient (Wildman–Crippen LogP) is 1.62. The molecule has 0 aliphatic carbocycles. The van der Waals surface area contributed by atoms with Crippen LogP contribution in [0.4, 0.5) is 0 Å². The Labute approximate surface area is 121 Å². The second-order valence-electron chi connectivity index (χ2n) is 4.60. The quantitative estimate of drug-likeness (QED) is 0.702. The van der Waals surface area contributed by atoms with Gasteiger partial charge in [-0.25, -0.2) is 8.42 Å². The van der Waals surface area contributed by atoms with Crippen molar-refractivity contribution >= 4 is 9.84 Å². The summed E-state index contributed by atoms with van der Waals surface area (Å²) in [6, 6.07) is 5.76. The zero-order valence-electron chi connectivity index (χ0n) is 12.3. The van der Waals surface area contributed by atoms with Gasteiger partial charge in [-0.15, -0.1) is 0 Å². The Balaban J connectivity index is 2.61. The van der Waals surface area contributed by atoms with Gasteiger partial charge in [0.2, 0.25) is 0 Å². The molecule has 0 aliphatic rings. The number of benzene rings is 1. The fourth-order valence-electron chi connectivity index (χ4n) is 1.72. The number of methoxy groups -OCH3 is 1. The van der Waals surface area contributed by atoms with Crippen molar-refractivity contribution in [2.45, 2.75) is 19.9 Å². The van der Waals surface area contributed by atoms with E-state index in [-0.39, 0.29) is 5.75 Å². The molecule has 114 valence electrons. The molecule has 0 spiro atoms. The predicted molar refractivity (Wildman–Crippen MR) is 80.2 cm³/mol. The van der Waals surface area contributed by atoms with Crippen molar-refractivity contribution in [3.05, 3.63) is 23.8 Å². The molecule has 20 heavy (non-hydrogen) atoms. The average molecular weight is 301 g/mol. The molecular formula is C14H23NO4S. The highest BCUT2D eigenvalue weighted by molar-refractivity contribution is 7.90. The Morgan fingerprint density at radius 1 is 1.25 bits per heavy atom. The van der Waals surface area contributed by atoms with Crippen molar-refractivity contribution in [1.82, 2.24) is 5.32 Å². The molecule has 5 nitrogen and oxygen atoms in total. The van der Waals surface area contributed by atoms with Gasteiger partial charge in [0.25, 0.3) is 0 Å². The maximum atomic E-state index is 11.0. The van der Waals surface area contributed by atoms with E-state index >= 15 is 0 Å². The molecule has 0 heterocycles. The van der Waals surface area contributed by atoms with Gasteiger partial charge in [0.15, 0.2) is 11.5 Å². The number of hydrogen-bond acceptors (Lipinski definition) is 5. The monoisotopic (exact) mass is 301 g/mol. The standard InChI is InChI=1S/C14H23NO4S/c1-4-15-11-12-6-7-13(18-2)14(10-12)19-8-5-9-20(3,16)17/h6-7,10,15H,4-5,8-9,11H2,1-3H3. The van der Waals surface area contributed by atoms with Gasteiger partial charge in [0.1, 0.15) is 9.84 Å². The van der Waals surface area contributed by atoms with Gasteiger partial charge in [-0.05, 0) is 30.7 Å². The summed E-state index contributed by atoms with van der Waals surface area (Å²) in [5, 5.41) is 3.24. The van der Waals surface area contributed by atoms with Crippen LogP contribution in [-0.4, -0.2) is 40.7 Å². The summed E-state index contributed by atoms with van der Waals surface area (Å²) >= 11 is 0. The van der Waals surface area contributed by atoms with Crippen LogP contribution in [0.25, 0.3) is 0 Å². The average Bonchev–Trinajstić information content (AvgIpc) is 2.40. The van der Waals surface area contributed by atoms with Gasteiger partial charge in [-0.3, -0.25) is 0 Å². The smallest absolute Gasteiger partial charge is 0.161 e. The molecule has 6 heteroatoms. The largest absolute Gasteiger partial charge is 0.493 e. The lowest BCUT2D eigenvalue weighted by atomic mass is 10.2. The molecule has 0 saturated heterocycles. The first kappa shape index (κ1) is 16.8. The van der Waals surface area contributed by atoms with Crippen LogP contribution in [0.3, 0.4) is 0 Å². The molecule has 0 saturated carbocycles.